The largest absolute Gasteiger partial charge is 0.336 e. The van der Waals surface area contributed by atoms with Crippen molar-refractivity contribution in [3.63, 3.8) is 0 Å². The summed E-state index contributed by atoms with van der Waals surface area (Å²) in [6, 6.07) is 5.81. The van der Waals surface area contributed by atoms with Gasteiger partial charge >= 0.3 is 6.03 Å². The summed E-state index contributed by atoms with van der Waals surface area (Å²) >= 11 is 0. The van der Waals surface area contributed by atoms with Crippen LogP contribution in [0.1, 0.15) is 51.2 Å². The van der Waals surface area contributed by atoms with E-state index in [1.807, 2.05) is 32.0 Å². The molecule has 1 heterocycles. The Hall–Kier alpha value is -2.08. The van der Waals surface area contributed by atoms with Gasteiger partial charge in [0.1, 0.15) is 0 Å². The van der Waals surface area contributed by atoms with Gasteiger partial charge in [0.05, 0.1) is 6.04 Å². The lowest BCUT2D eigenvalue weighted by atomic mass is 10.1. The predicted molar refractivity (Wildman–Crippen MR) is 115 cm³/mol. The van der Waals surface area contributed by atoms with Crippen molar-refractivity contribution in [2.24, 2.45) is 0 Å². The Morgan fingerprint density at radius 1 is 1.25 bits per heavy atom. The molecule has 1 aromatic carbocycles. The third kappa shape index (κ3) is 6.23. The fourth-order valence-corrected chi connectivity index (χ4v) is 3.63. The molecule has 0 aliphatic carbocycles. The van der Waals surface area contributed by atoms with E-state index in [1.165, 1.54) is 5.56 Å². The molecule has 2 N–H and O–H groups in total. The molecule has 0 spiro atoms. The van der Waals surface area contributed by atoms with Gasteiger partial charge in [0.2, 0.25) is 5.91 Å². The van der Waals surface area contributed by atoms with E-state index in [0.29, 0.717) is 13.0 Å². The maximum absolute atomic E-state index is 12.4. The first kappa shape index (κ1) is 22.2. The van der Waals surface area contributed by atoms with Gasteiger partial charge in [-0.3, -0.25) is 4.79 Å². The second-order valence-corrected chi connectivity index (χ2v) is 7.86. The molecule has 0 unspecified atom stereocenters. The third-order valence-corrected chi connectivity index (χ3v) is 5.65. The molecule has 6 heteroatoms. The highest BCUT2D eigenvalue weighted by atomic mass is 16.2. The van der Waals surface area contributed by atoms with Gasteiger partial charge in [0.15, 0.2) is 0 Å². The van der Waals surface area contributed by atoms with E-state index in [1.54, 1.807) is 4.90 Å². The van der Waals surface area contributed by atoms with E-state index >= 15 is 0 Å². The van der Waals surface area contributed by atoms with Crippen LogP contribution in [0.15, 0.2) is 18.2 Å². The minimum Gasteiger partial charge on any atom is -0.336 e. The first-order chi connectivity index (χ1) is 13.3. The van der Waals surface area contributed by atoms with E-state index in [0.717, 1.165) is 43.7 Å². The van der Waals surface area contributed by atoms with Gasteiger partial charge in [-0.25, -0.2) is 4.79 Å². The van der Waals surface area contributed by atoms with Crippen molar-refractivity contribution in [1.29, 1.82) is 0 Å². The molecule has 1 saturated heterocycles. The van der Waals surface area contributed by atoms with Crippen LogP contribution in [0.3, 0.4) is 0 Å². The zero-order valence-electron chi connectivity index (χ0n) is 18.0. The molecule has 2 rings (SSSR count). The standard InChI is InChI=1S/C22H36N4O2/c1-6-25(7-2)12-8-9-18(5)23-22(28)24-19-14-21(27)26(15-19)20-11-10-16(3)17(4)13-20/h10-11,13,18-19H,6-9,12,14-15H2,1-5H3,(H2,23,24,28)/t18-,19+/m1/s1. The molecular formula is C22H36N4O2. The maximum atomic E-state index is 12.4. The summed E-state index contributed by atoms with van der Waals surface area (Å²) in [5.74, 6) is 0.0563. The molecule has 1 aliphatic heterocycles. The number of aryl methyl sites for hydroxylation is 2. The van der Waals surface area contributed by atoms with Crippen molar-refractivity contribution in [3.05, 3.63) is 29.3 Å². The smallest absolute Gasteiger partial charge is 0.315 e. The van der Waals surface area contributed by atoms with Crippen LogP contribution < -0.4 is 15.5 Å². The van der Waals surface area contributed by atoms with Crippen molar-refractivity contribution in [3.8, 4) is 0 Å². The van der Waals surface area contributed by atoms with Crippen LogP contribution in [0.2, 0.25) is 0 Å². The Bertz CT molecular complexity index is 673. The van der Waals surface area contributed by atoms with Gasteiger partial charge in [0.25, 0.3) is 0 Å². The fourth-order valence-electron chi connectivity index (χ4n) is 3.63. The van der Waals surface area contributed by atoms with Crippen LogP contribution in [0.4, 0.5) is 10.5 Å². The first-order valence-electron chi connectivity index (χ1n) is 10.5. The Kier molecular flexibility index (Phi) is 8.30. The predicted octanol–water partition coefficient (Wildman–Crippen LogP) is 3.22. The zero-order valence-corrected chi connectivity index (χ0v) is 18.0. The number of nitrogens with zero attached hydrogens (tertiary/aromatic N) is 2. The lowest BCUT2D eigenvalue weighted by Gasteiger charge is -2.21. The molecule has 0 saturated carbocycles. The van der Waals surface area contributed by atoms with Crippen LogP contribution in [0.25, 0.3) is 0 Å². The Balaban J connectivity index is 1.78. The average molecular weight is 389 g/mol. The maximum Gasteiger partial charge on any atom is 0.315 e. The number of hydrogen-bond acceptors (Lipinski definition) is 3. The summed E-state index contributed by atoms with van der Waals surface area (Å²) < 4.78 is 0. The molecule has 28 heavy (non-hydrogen) atoms. The SMILES string of the molecule is CCN(CC)CCC[C@@H](C)NC(=O)N[C@H]1CC(=O)N(c2ccc(C)c(C)c2)C1. The van der Waals surface area contributed by atoms with Crippen LogP contribution in [-0.4, -0.2) is 55.1 Å². The summed E-state index contributed by atoms with van der Waals surface area (Å²) in [7, 11) is 0. The third-order valence-electron chi connectivity index (χ3n) is 5.65. The summed E-state index contributed by atoms with van der Waals surface area (Å²) in [4.78, 5) is 28.9. The van der Waals surface area contributed by atoms with Crippen LogP contribution in [-0.2, 0) is 4.79 Å². The van der Waals surface area contributed by atoms with E-state index in [9.17, 15) is 9.59 Å². The number of hydrogen-bond donors (Lipinski definition) is 2. The second-order valence-electron chi connectivity index (χ2n) is 7.86. The highest BCUT2D eigenvalue weighted by Crippen LogP contribution is 2.24. The number of amides is 3. The number of carbonyl (C=O) groups is 2. The van der Waals surface area contributed by atoms with Crippen molar-refractivity contribution in [1.82, 2.24) is 15.5 Å². The summed E-state index contributed by atoms with van der Waals surface area (Å²) in [5, 5.41) is 5.97. The summed E-state index contributed by atoms with van der Waals surface area (Å²) in [6.07, 6.45) is 2.35. The summed E-state index contributed by atoms with van der Waals surface area (Å²) in [6.45, 7) is 14.2. The molecular weight excluding hydrogens is 352 g/mol. The molecule has 6 nitrogen and oxygen atoms in total. The van der Waals surface area contributed by atoms with Crippen molar-refractivity contribution >= 4 is 17.6 Å². The Labute approximate surface area is 169 Å². The van der Waals surface area contributed by atoms with E-state index in [-0.39, 0.29) is 24.0 Å². The van der Waals surface area contributed by atoms with Crippen molar-refractivity contribution in [2.45, 2.75) is 66.0 Å². The van der Waals surface area contributed by atoms with Gasteiger partial charge in [-0.05, 0) is 76.5 Å². The number of nitrogens with one attached hydrogen (secondary N) is 2. The Morgan fingerprint density at radius 3 is 2.61 bits per heavy atom. The highest BCUT2D eigenvalue weighted by Gasteiger charge is 2.31. The normalized spacial score (nSPS) is 17.9. The van der Waals surface area contributed by atoms with Gasteiger partial charge < -0.3 is 20.4 Å². The average Bonchev–Trinajstić information content (AvgIpc) is 3.01. The number of anilines is 1. The lowest BCUT2D eigenvalue weighted by Crippen LogP contribution is -2.46. The van der Waals surface area contributed by atoms with Crippen molar-refractivity contribution < 1.29 is 9.59 Å². The van der Waals surface area contributed by atoms with E-state index in [2.05, 4.69) is 36.3 Å². The van der Waals surface area contributed by atoms with Gasteiger partial charge in [-0.1, -0.05) is 19.9 Å². The van der Waals surface area contributed by atoms with Gasteiger partial charge in [-0.2, -0.15) is 0 Å². The van der Waals surface area contributed by atoms with Gasteiger partial charge in [-0.15, -0.1) is 0 Å². The zero-order chi connectivity index (χ0) is 20.7. The molecule has 0 radical (unpaired) electrons. The van der Waals surface area contributed by atoms with Crippen LogP contribution in [0.5, 0.6) is 0 Å². The quantitative estimate of drug-likeness (QED) is 0.683. The number of urea groups is 1. The van der Waals surface area contributed by atoms with E-state index in [4.69, 9.17) is 0 Å². The van der Waals surface area contributed by atoms with E-state index < -0.39 is 0 Å². The molecule has 0 aromatic heterocycles. The fraction of sp³-hybridized carbons (Fsp3) is 0.636. The minimum atomic E-state index is -0.185. The molecule has 2 atom stereocenters. The van der Waals surface area contributed by atoms with Crippen LogP contribution >= 0.6 is 0 Å². The molecule has 156 valence electrons. The van der Waals surface area contributed by atoms with Crippen molar-refractivity contribution in [2.75, 3.05) is 31.1 Å². The second kappa shape index (κ2) is 10.5. The first-order valence-corrected chi connectivity index (χ1v) is 10.5. The van der Waals surface area contributed by atoms with Gasteiger partial charge in [0, 0.05) is 24.7 Å². The lowest BCUT2D eigenvalue weighted by molar-refractivity contribution is -0.117. The Morgan fingerprint density at radius 2 is 1.96 bits per heavy atom. The van der Waals surface area contributed by atoms with Crippen LogP contribution in [0, 0.1) is 13.8 Å². The molecule has 1 aliphatic rings. The molecule has 1 aromatic rings. The monoisotopic (exact) mass is 388 g/mol. The molecule has 3 amide bonds. The number of carbonyl (C=O) groups excluding carboxylic acids is 2. The number of benzene rings is 1. The summed E-state index contributed by atoms with van der Waals surface area (Å²) in [5.41, 5.74) is 3.28. The highest BCUT2D eigenvalue weighted by molar-refractivity contribution is 5.96. The number of rotatable bonds is 9. The molecule has 0 bridgehead atoms. The minimum absolute atomic E-state index is 0.0563. The molecule has 1 fully saturated rings. The topological polar surface area (TPSA) is 64.7 Å².